The fraction of sp³-hybridized carbons (Fsp3) is 0.333. The van der Waals surface area contributed by atoms with Crippen molar-refractivity contribution in [3.63, 3.8) is 0 Å². The van der Waals surface area contributed by atoms with Gasteiger partial charge in [-0.05, 0) is 32.4 Å². The number of benzene rings is 1. The fourth-order valence-corrected chi connectivity index (χ4v) is 3.51. The zero-order chi connectivity index (χ0) is 20.4. The number of nitrogens with one attached hydrogen (secondary N) is 1. The largest absolute Gasteiger partial charge is 0.353 e. The van der Waals surface area contributed by atoms with E-state index in [0.29, 0.717) is 18.9 Å². The summed E-state index contributed by atoms with van der Waals surface area (Å²) < 4.78 is 1.87. The zero-order valence-electron chi connectivity index (χ0n) is 17.0. The van der Waals surface area contributed by atoms with Gasteiger partial charge in [0.1, 0.15) is 23.8 Å². The Balaban J connectivity index is 1.41. The van der Waals surface area contributed by atoms with Crippen molar-refractivity contribution in [2.75, 3.05) is 36.4 Å². The van der Waals surface area contributed by atoms with Gasteiger partial charge in [0.15, 0.2) is 0 Å². The summed E-state index contributed by atoms with van der Waals surface area (Å²) in [6, 6.07) is 7.94. The van der Waals surface area contributed by atoms with Crippen molar-refractivity contribution in [2.24, 2.45) is 0 Å². The lowest BCUT2D eigenvalue weighted by atomic mass is 10.1. The van der Waals surface area contributed by atoms with Gasteiger partial charge in [0.05, 0.1) is 0 Å². The predicted octanol–water partition coefficient (Wildman–Crippen LogP) is 2.94. The number of carbonyl (C=O) groups excluding carboxylic acids is 1. The van der Waals surface area contributed by atoms with Crippen LogP contribution in [0.2, 0.25) is 0 Å². The molecule has 2 amide bonds. The van der Waals surface area contributed by atoms with Gasteiger partial charge in [0.25, 0.3) is 0 Å². The van der Waals surface area contributed by atoms with E-state index in [1.165, 1.54) is 5.56 Å². The van der Waals surface area contributed by atoms with Crippen LogP contribution in [0.15, 0.2) is 43.0 Å². The predicted molar refractivity (Wildman–Crippen MR) is 113 cm³/mol. The second-order valence-corrected chi connectivity index (χ2v) is 7.32. The molecule has 4 rings (SSSR count). The lowest BCUT2D eigenvalue weighted by Gasteiger charge is -2.35. The van der Waals surface area contributed by atoms with Crippen molar-refractivity contribution in [2.45, 2.75) is 20.8 Å². The van der Waals surface area contributed by atoms with Crippen LogP contribution in [0.1, 0.15) is 17.0 Å². The van der Waals surface area contributed by atoms with E-state index in [2.05, 4.69) is 31.2 Å². The minimum atomic E-state index is -0.0606. The van der Waals surface area contributed by atoms with E-state index >= 15 is 0 Å². The lowest BCUT2D eigenvalue weighted by molar-refractivity contribution is 0.208. The normalized spacial score (nSPS) is 14.2. The number of amides is 2. The minimum Gasteiger partial charge on any atom is -0.353 e. The highest BCUT2D eigenvalue weighted by Gasteiger charge is 2.23. The summed E-state index contributed by atoms with van der Waals surface area (Å²) in [6.45, 7) is 8.67. The van der Waals surface area contributed by atoms with Gasteiger partial charge < -0.3 is 15.1 Å². The maximum atomic E-state index is 12.7. The molecule has 1 N–H and O–H groups in total. The molecule has 29 heavy (non-hydrogen) atoms. The van der Waals surface area contributed by atoms with Crippen LogP contribution < -0.4 is 10.2 Å². The molecule has 0 radical (unpaired) electrons. The third-order valence-electron chi connectivity index (χ3n) is 5.09. The summed E-state index contributed by atoms with van der Waals surface area (Å²) in [5, 5.41) is 3.03. The second-order valence-electron chi connectivity index (χ2n) is 7.32. The zero-order valence-corrected chi connectivity index (χ0v) is 17.0. The molecule has 1 aromatic carbocycles. The molecule has 1 fully saturated rings. The van der Waals surface area contributed by atoms with E-state index in [4.69, 9.17) is 0 Å². The van der Waals surface area contributed by atoms with Crippen LogP contribution in [-0.2, 0) is 0 Å². The molecule has 8 heteroatoms. The topological polar surface area (TPSA) is 79.2 Å². The van der Waals surface area contributed by atoms with E-state index < -0.39 is 0 Å². The molecule has 0 unspecified atom stereocenters. The molecule has 1 aliphatic heterocycles. The summed E-state index contributed by atoms with van der Waals surface area (Å²) in [5.41, 5.74) is 3.12. The number of imidazole rings is 1. The number of urea groups is 1. The highest BCUT2D eigenvalue weighted by molar-refractivity contribution is 5.90. The molecule has 3 aromatic rings. The third kappa shape index (κ3) is 4.21. The number of piperazine rings is 1. The van der Waals surface area contributed by atoms with Gasteiger partial charge >= 0.3 is 6.03 Å². The van der Waals surface area contributed by atoms with Gasteiger partial charge in [-0.1, -0.05) is 17.7 Å². The van der Waals surface area contributed by atoms with Gasteiger partial charge in [-0.3, -0.25) is 4.57 Å². The molecular weight excluding hydrogens is 366 g/mol. The number of carbonyl (C=O) groups is 1. The molecule has 1 aliphatic rings. The Hall–Kier alpha value is -3.42. The minimum absolute atomic E-state index is 0.0606. The molecule has 8 nitrogen and oxygen atoms in total. The van der Waals surface area contributed by atoms with Gasteiger partial charge in [0, 0.05) is 50.3 Å². The van der Waals surface area contributed by atoms with Gasteiger partial charge in [-0.25, -0.2) is 19.7 Å². The Labute approximate surface area is 170 Å². The fourth-order valence-electron chi connectivity index (χ4n) is 3.51. The van der Waals surface area contributed by atoms with Crippen molar-refractivity contribution in [3.05, 3.63) is 59.9 Å². The average Bonchev–Trinajstić information content (AvgIpc) is 3.25. The van der Waals surface area contributed by atoms with Gasteiger partial charge in [-0.2, -0.15) is 0 Å². The Kier molecular flexibility index (Phi) is 5.16. The van der Waals surface area contributed by atoms with Crippen LogP contribution in [-0.4, -0.2) is 56.6 Å². The molecular formula is C21H25N7O. The second kappa shape index (κ2) is 7.90. The Morgan fingerprint density at radius 1 is 1.00 bits per heavy atom. The number of anilines is 2. The highest BCUT2D eigenvalue weighted by atomic mass is 16.2. The number of hydrogen-bond acceptors (Lipinski definition) is 5. The van der Waals surface area contributed by atoms with Crippen LogP contribution in [0, 0.1) is 20.8 Å². The van der Waals surface area contributed by atoms with Crippen molar-refractivity contribution in [1.82, 2.24) is 24.4 Å². The maximum absolute atomic E-state index is 12.7. The number of rotatable bonds is 3. The van der Waals surface area contributed by atoms with Gasteiger partial charge in [0.2, 0.25) is 0 Å². The number of aromatic nitrogens is 4. The van der Waals surface area contributed by atoms with Gasteiger partial charge in [-0.15, -0.1) is 0 Å². The summed E-state index contributed by atoms with van der Waals surface area (Å²) in [6.07, 6.45) is 5.31. The third-order valence-corrected chi connectivity index (χ3v) is 5.09. The molecule has 0 aliphatic carbocycles. The molecule has 150 valence electrons. The first-order valence-corrected chi connectivity index (χ1v) is 9.72. The molecule has 0 bridgehead atoms. The van der Waals surface area contributed by atoms with Crippen LogP contribution in [0.3, 0.4) is 0 Å². The highest BCUT2D eigenvalue weighted by Crippen LogP contribution is 2.19. The molecule has 1 saturated heterocycles. The first-order valence-electron chi connectivity index (χ1n) is 9.72. The summed E-state index contributed by atoms with van der Waals surface area (Å²) >= 11 is 0. The van der Waals surface area contributed by atoms with Crippen LogP contribution in [0.5, 0.6) is 0 Å². The van der Waals surface area contributed by atoms with Crippen LogP contribution >= 0.6 is 0 Å². The standard InChI is InChI=1S/C21H25N7O/c1-15-4-5-18(16(2)12-15)25-21(29)27-10-8-26(9-11-27)19-13-20(24-17(3)23-19)28-7-6-22-14-28/h4-7,12-14H,8-11H2,1-3H3,(H,25,29). The number of hydrogen-bond donors (Lipinski definition) is 1. The Morgan fingerprint density at radius 2 is 1.76 bits per heavy atom. The average molecular weight is 391 g/mol. The van der Waals surface area contributed by atoms with Crippen molar-refractivity contribution >= 4 is 17.5 Å². The van der Waals surface area contributed by atoms with Crippen LogP contribution in [0.25, 0.3) is 5.82 Å². The van der Waals surface area contributed by atoms with E-state index in [0.717, 1.165) is 36.0 Å². The number of nitrogens with zero attached hydrogens (tertiary/aromatic N) is 6. The van der Waals surface area contributed by atoms with E-state index in [9.17, 15) is 4.79 Å². The van der Waals surface area contributed by atoms with E-state index in [1.807, 2.05) is 54.6 Å². The van der Waals surface area contributed by atoms with Crippen LogP contribution in [0.4, 0.5) is 16.3 Å². The summed E-state index contributed by atoms with van der Waals surface area (Å²) in [5.74, 6) is 2.37. The summed E-state index contributed by atoms with van der Waals surface area (Å²) in [7, 11) is 0. The molecule has 0 atom stereocenters. The molecule has 0 saturated carbocycles. The monoisotopic (exact) mass is 391 g/mol. The lowest BCUT2D eigenvalue weighted by Crippen LogP contribution is -2.50. The molecule has 2 aromatic heterocycles. The van der Waals surface area contributed by atoms with Crippen molar-refractivity contribution in [3.8, 4) is 5.82 Å². The summed E-state index contributed by atoms with van der Waals surface area (Å²) in [4.78, 5) is 29.9. The maximum Gasteiger partial charge on any atom is 0.321 e. The first kappa shape index (κ1) is 18.9. The smallest absolute Gasteiger partial charge is 0.321 e. The first-order chi connectivity index (χ1) is 14.0. The number of aryl methyl sites for hydroxylation is 3. The Bertz CT molecular complexity index is 1010. The molecule has 3 heterocycles. The van der Waals surface area contributed by atoms with Crippen molar-refractivity contribution < 1.29 is 4.79 Å². The van der Waals surface area contributed by atoms with Crippen molar-refractivity contribution in [1.29, 1.82) is 0 Å². The van der Waals surface area contributed by atoms with E-state index in [1.54, 1.807) is 12.5 Å². The van der Waals surface area contributed by atoms with E-state index in [-0.39, 0.29) is 6.03 Å². The molecule has 0 spiro atoms. The SMILES string of the molecule is Cc1ccc(NC(=O)N2CCN(c3cc(-n4ccnc4)nc(C)n3)CC2)c(C)c1. The Morgan fingerprint density at radius 3 is 2.45 bits per heavy atom. The quantitative estimate of drug-likeness (QED) is 0.743.